The summed E-state index contributed by atoms with van der Waals surface area (Å²) < 4.78 is 0. The molecule has 1 aliphatic heterocycles. The van der Waals surface area contributed by atoms with Gasteiger partial charge in [-0.15, -0.1) is 0 Å². The SMILES string of the molecule is CCC1(O)CN(CCCC(=O)N(C)C)C1. The molecule has 0 aliphatic carbocycles. The van der Waals surface area contributed by atoms with Gasteiger partial charge in [-0.1, -0.05) is 6.92 Å². The zero-order valence-electron chi connectivity index (χ0n) is 9.99. The Morgan fingerprint density at radius 3 is 2.53 bits per heavy atom. The van der Waals surface area contributed by atoms with Gasteiger partial charge in [0.15, 0.2) is 0 Å². The van der Waals surface area contributed by atoms with Gasteiger partial charge in [0, 0.05) is 33.6 Å². The van der Waals surface area contributed by atoms with E-state index in [1.807, 2.05) is 6.92 Å². The Morgan fingerprint density at radius 1 is 1.47 bits per heavy atom. The van der Waals surface area contributed by atoms with Gasteiger partial charge in [0.25, 0.3) is 0 Å². The lowest BCUT2D eigenvalue weighted by molar-refractivity contribution is -0.129. The van der Waals surface area contributed by atoms with Gasteiger partial charge >= 0.3 is 0 Å². The largest absolute Gasteiger partial charge is 0.387 e. The molecule has 1 rings (SSSR count). The molecule has 0 atom stereocenters. The van der Waals surface area contributed by atoms with Gasteiger partial charge in [-0.3, -0.25) is 9.69 Å². The first kappa shape index (κ1) is 12.5. The molecule has 1 amide bonds. The van der Waals surface area contributed by atoms with Gasteiger partial charge in [0.2, 0.25) is 5.91 Å². The van der Waals surface area contributed by atoms with Crippen LogP contribution in [0.1, 0.15) is 26.2 Å². The minimum absolute atomic E-state index is 0.182. The van der Waals surface area contributed by atoms with E-state index in [1.165, 1.54) is 0 Å². The Balaban J connectivity index is 2.07. The van der Waals surface area contributed by atoms with Crippen molar-refractivity contribution in [1.29, 1.82) is 0 Å². The molecule has 0 aromatic rings. The first-order chi connectivity index (χ1) is 6.97. The first-order valence-electron chi connectivity index (χ1n) is 5.62. The van der Waals surface area contributed by atoms with Crippen molar-refractivity contribution in [2.24, 2.45) is 0 Å². The van der Waals surface area contributed by atoms with E-state index in [0.717, 1.165) is 32.5 Å². The van der Waals surface area contributed by atoms with Crippen molar-refractivity contribution in [2.45, 2.75) is 31.8 Å². The molecule has 0 radical (unpaired) electrons. The first-order valence-corrected chi connectivity index (χ1v) is 5.62. The van der Waals surface area contributed by atoms with Crippen LogP contribution in [-0.2, 0) is 4.79 Å². The second-order valence-corrected chi connectivity index (χ2v) is 4.68. The van der Waals surface area contributed by atoms with E-state index in [9.17, 15) is 9.90 Å². The minimum atomic E-state index is -0.453. The van der Waals surface area contributed by atoms with E-state index < -0.39 is 5.60 Å². The Hall–Kier alpha value is -0.610. The summed E-state index contributed by atoms with van der Waals surface area (Å²) in [6.45, 7) is 4.45. The van der Waals surface area contributed by atoms with Crippen LogP contribution in [0.15, 0.2) is 0 Å². The topological polar surface area (TPSA) is 43.8 Å². The minimum Gasteiger partial charge on any atom is -0.387 e. The van der Waals surface area contributed by atoms with E-state index in [2.05, 4.69) is 4.90 Å². The summed E-state index contributed by atoms with van der Waals surface area (Å²) >= 11 is 0. The van der Waals surface area contributed by atoms with Crippen molar-refractivity contribution in [3.63, 3.8) is 0 Å². The third kappa shape index (κ3) is 3.47. The second kappa shape index (κ2) is 4.94. The van der Waals surface area contributed by atoms with Crippen molar-refractivity contribution in [2.75, 3.05) is 33.7 Å². The standard InChI is InChI=1S/C11H22N2O2/c1-4-11(15)8-13(9-11)7-5-6-10(14)12(2)3/h15H,4-9H2,1-3H3. The van der Waals surface area contributed by atoms with Gasteiger partial charge < -0.3 is 10.0 Å². The van der Waals surface area contributed by atoms with Crippen LogP contribution in [0.25, 0.3) is 0 Å². The third-order valence-corrected chi connectivity index (χ3v) is 3.06. The average Bonchev–Trinajstić information content (AvgIpc) is 2.14. The normalized spacial score (nSPS) is 19.7. The highest BCUT2D eigenvalue weighted by atomic mass is 16.3. The number of likely N-dealkylation sites (tertiary alicyclic amines) is 1. The molecule has 0 saturated carbocycles. The predicted octanol–water partition coefficient (Wildman–Crippen LogP) is 0.311. The fraction of sp³-hybridized carbons (Fsp3) is 0.909. The van der Waals surface area contributed by atoms with Gasteiger partial charge in [-0.2, -0.15) is 0 Å². The summed E-state index contributed by atoms with van der Waals surface area (Å²) in [5.41, 5.74) is -0.453. The molecule has 0 aromatic heterocycles. The van der Waals surface area contributed by atoms with Gasteiger partial charge in [-0.25, -0.2) is 0 Å². The summed E-state index contributed by atoms with van der Waals surface area (Å²) in [5, 5.41) is 9.77. The van der Waals surface area contributed by atoms with E-state index in [0.29, 0.717) is 6.42 Å². The molecule has 0 unspecified atom stereocenters. The fourth-order valence-corrected chi connectivity index (χ4v) is 1.85. The molecule has 1 N–H and O–H groups in total. The number of nitrogens with zero attached hydrogens (tertiary/aromatic N) is 2. The van der Waals surface area contributed by atoms with E-state index in [1.54, 1.807) is 19.0 Å². The average molecular weight is 214 g/mol. The molecule has 0 bridgehead atoms. The molecule has 1 heterocycles. The van der Waals surface area contributed by atoms with E-state index in [4.69, 9.17) is 0 Å². The number of carbonyl (C=O) groups is 1. The molecular formula is C11H22N2O2. The number of hydrogen-bond acceptors (Lipinski definition) is 3. The summed E-state index contributed by atoms with van der Waals surface area (Å²) in [4.78, 5) is 15.1. The van der Waals surface area contributed by atoms with Crippen molar-refractivity contribution < 1.29 is 9.90 Å². The van der Waals surface area contributed by atoms with Crippen molar-refractivity contribution in [3.8, 4) is 0 Å². The highest BCUT2D eigenvalue weighted by Crippen LogP contribution is 2.23. The summed E-state index contributed by atoms with van der Waals surface area (Å²) in [5.74, 6) is 0.182. The summed E-state index contributed by atoms with van der Waals surface area (Å²) in [6, 6.07) is 0. The number of hydrogen-bond donors (Lipinski definition) is 1. The van der Waals surface area contributed by atoms with Gasteiger partial charge in [0.05, 0.1) is 5.60 Å². The lowest BCUT2D eigenvalue weighted by Gasteiger charge is -2.46. The zero-order valence-corrected chi connectivity index (χ0v) is 9.99. The molecule has 1 fully saturated rings. The Labute approximate surface area is 91.9 Å². The highest BCUT2D eigenvalue weighted by Gasteiger charge is 2.38. The quantitative estimate of drug-likeness (QED) is 0.716. The van der Waals surface area contributed by atoms with Gasteiger partial charge in [-0.05, 0) is 19.4 Å². The summed E-state index contributed by atoms with van der Waals surface area (Å²) in [6.07, 6.45) is 2.31. The molecule has 4 heteroatoms. The molecule has 1 saturated heterocycles. The Morgan fingerprint density at radius 2 is 2.07 bits per heavy atom. The van der Waals surface area contributed by atoms with E-state index >= 15 is 0 Å². The van der Waals surface area contributed by atoms with Crippen LogP contribution in [0.2, 0.25) is 0 Å². The molecular weight excluding hydrogens is 192 g/mol. The zero-order chi connectivity index (χ0) is 11.5. The molecule has 15 heavy (non-hydrogen) atoms. The van der Waals surface area contributed by atoms with Crippen LogP contribution in [0.5, 0.6) is 0 Å². The molecule has 88 valence electrons. The second-order valence-electron chi connectivity index (χ2n) is 4.68. The number of aliphatic hydroxyl groups is 1. The lowest BCUT2D eigenvalue weighted by atomic mass is 9.91. The van der Waals surface area contributed by atoms with Crippen LogP contribution in [0, 0.1) is 0 Å². The van der Waals surface area contributed by atoms with Crippen LogP contribution >= 0.6 is 0 Å². The Kier molecular flexibility index (Phi) is 4.11. The maximum absolute atomic E-state index is 11.3. The highest BCUT2D eigenvalue weighted by molar-refractivity contribution is 5.75. The molecule has 1 aliphatic rings. The lowest BCUT2D eigenvalue weighted by Crippen LogP contribution is -2.61. The number of amides is 1. The number of β-amino-alcohol motifs (C(OH)–C–C–N with tert-alkyl or cyclic N) is 1. The van der Waals surface area contributed by atoms with Crippen LogP contribution in [-0.4, -0.2) is 60.1 Å². The number of rotatable bonds is 5. The van der Waals surface area contributed by atoms with Crippen molar-refractivity contribution >= 4 is 5.91 Å². The van der Waals surface area contributed by atoms with Gasteiger partial charge in [0.1, 0.15) is 0 Å². The maximum Gasteiger partial charge on any atom is 0.222 e. The van der Waals surface area contributed by atoms with Crippen LogP contribution < -0.4 is 0 Å². The van der Waals surface area contributed by atoms with E-state index in [-0.39, 0.29) is 5.91 Å². The van der Waals surface area contributed by atoms with Crippen molar-refractivity contribution in [3.05, 3.63) is 0 Å². The fourth-order valence-electron chi connectivity index (χ4n) is 1.85. The monoisotopic (exact) mass is 214 g/mol. The maximum atomic E-state index is 11.3. The molecule has 0 spiro atoms. The summed E-state index contributed by atoms with van der Waals surface area (Å²) in [7, 11) is 3.56. The van der Waals surface area contributed by atoms with Crippen LogP contribution in [0.4, 0.5) is 0 Å². The predicted molar refractivity (Wildman–Crippen MR) is 59.6 cm³/mol. The Bertz CT molecular complexity index is 223. The van der Waals surface area contributed by atoms with Crippen molar-refractivity contribution in [1.82, 2.24) is 9.80 Å². The molecule has 4 nitrogen and oxygen atoms in total. The smallest absolute Gasteiger partial charge is 0.222 e. The van der Waals surface area contributed by atoms with Crippen LogP contribution in [0.3, 0.4) is 0 Å². The number of carbonyl (C=O) groups excluding carboxylic acids is 1. The third-order valence-electron chi connectivity index (χ3n) is 3.06. The molecule has 0 aromatic carbocycles.